The van der Waals surface area contributed by atoms with Crippen LogP contribution in [0.15, 0.2) is 40.9 Å². The molecule has 0 fully saturated rings. The molecule has 1 aromatic carbocycles. The second kappa shape index (κ2) is 7.39. The van der Waals surface area contributed by atoms with E-state index < -0.39 is 23.8 Å². The van der Waals surface area contributed by atoms with E-state index in [0.717, 1.165) is 16.9 Å². The molecule has 11 heteroatoms. The second-order valence-electron chi connectivity index (χ2n) is 5.58. The van der Waals surface area contributed by atoms with E-state index >= 15 is 0 Å². The first-order valence-electron chi connectivity index (χ1n) is 7.72. The molecule has 1 atom stereocenters. The van der Waals surface area contributed by atoms with Gasteiger partial charge in [-0.15, -0.1) is 10.2 Å². The third kappa shape index (κ3) is 4.45. The Morgan fingerprint density at radius 2 is 1.96 bits per heavy atom. The van der Waals surface area contributed by atoms with Crippen LogP contribution in [0.1, 0.15) is 24.6 Å². The van der Waals surface area contributed by atoms with Gasteiger partial charge in [-0.3, -0.25) is 9.48 Å². The van der Waals surface area contributed by atoms with Crippen LogP contribution in [0, 0.1) is 0 Å². The predicted octanol–water partition coefficient (Wildman–Crippen LogP) is 3.48. The van der Waals surface area contributed by atoms with Gasteiger partial charge in [0.2, 0.25) is 17.7 Å². The summed E-state index contributed by atoms with van der Waals surface area (Å²) in [7, 11) is 0. The number of carbonyl (C=O) groups excluding carboxylic acids is 1. The van der Waals surface area contributed by atoms with Crippen molar-refractivity contribution in [2.45, 2.75) is 25.7 Å². The van der Waals surface area contributed by atoms with Crippen LogP contribution >= 0.6 is 11.6 Å². The Morgan fingerprint density at radius 3 is 2.59 bits per heavy atom. The van der Waals surface area contributed by atoms with Crippen molar-refractivity contribution < 1.29 is 22.4 Å². The van der Waals surface area contributed by atoms with E-state index in [4.69, 9.17) is 16.0 Å². The van der Waals surface area contributed by atoms with Gasteiger partial charge in [-0.2, -0.15) is 18.3 Å². The van der Waals surface area contributed by atoms with Gasteiger partial charge < -0.3 is 9.73 Å². The molecule has 0 spiro atoms. The van der Waals surface area contributed by atoms with Gasteiger partial charge in [0.05, 0.1) is 6.54 Å². The van der Waals surface area contributed by atoms with E-state index in [9.17, 15) is 18.0 Å². The lowest BCUT2D eigenvalue weighted by molar-refractivity contribution is -0.142. The lowest BCUT2D eigenvalue weighted by Crippen LogP contribution is -2.31. The van der Waals surface area contributed by atoms with Crippen molar-refractivity contribution in [2.24, 2.45) is 0 Å². The van der Waals surface area contributed by atoms with Crippen LogP contribution in [0.2, 0.25) is 5.02 Å². The highest BCUT2D eigenvalue weighted by atomic mass is 35.5. The van der Waals surface area contributed by atoms with E-state index in [1.54, 1.807) is 24.3 Å². The fraction of sp³-hybridized carbons (Fsp3) is 0.250. The number of carbonyl (C=O) groups is 1. The molecule has 2 aromatic heterocycles. The number of halogens is 4. The van der Waals surface area contributed by atoms with E-state index in [-0.39, 0.29) is 18.3 Å². The Bertz CT molecular complexity index is 936. The maximum absolute atomic E-state index is 12.6. The zero-order valence-electron chi connectivity index (χ0n) is 13.9. The van der Waals surface area contributed by atoms with Crippen LogP contribution in [0.4, 0.5) is 13.2 Å². The molecule has 3 rings (SSSR count). The molecular weight excluding hydrogens is 387 g/mol. The summed E-state index contributed by atoms with van der Waals surface area (Å²) >= 11 is 5.81. The monoisotopic (exact) mass is 399 g/mol. The summed E-state index contributed by atoms with van der Waals surface area (Å²) in [6, 6.07) is 6.61. The van der Waals surface area contributed by atoms with Gasteiger partial charge in [0.1, 0.15) is 6.04 Å². The van der Waals surface area contributed by atoms with Crippen molar-refractivity contribution in [1.82, 2.24) is 25.3 Å². The molecule has 7 nitrogen and oxygen atoms in total. The molecule has 0 radical (unpaired) electrons. The Labute approximate surface area is 156 Å². The van der Waals surface area contributed by atoms with Crippen LogP contribution in [-0.2, 0) is 17.5 Å². The van der Waals surface area contributed by atoms with Gasteiger partial charge in [-0.25, -0.2) is 0 Å². The van der Waals surface area contributed by atoms with Crippen molar-refractivity contribution in [2.75, 3.05) is 0 Å². The maximum Gasteiger partial charge on any atom is 0.435 e. The first kappa shape index (κ1) is 18.9. The smallest absolute Gasteiger partial charge is 0.419 e. The summed E-state index contributed by atoms with van der Waals surface area (Å²) in [6.07, 6.45) is -3.47. The van der Waals surface area contributed by atoms with Crippen LogP contribution in [0.5, 0.6) is 0 Å². The van der Waals surface area contributed by atoms with Gasteiger partial charge in [0.25, 0.3) is 0 Å². The van der Waals surface area contributed by atoms with E-state index in [1.807, 2.05) is 0 Å². The molecule has 2 heterocycles. The van der Waals surface area contributed by atoms with E-state index in [0.29, 0.717) is 10.6 Å². The summed E-state index contributed by atoms with van der Waals surface area (Å²) in [5, 5.41) is 14.2. The second-order valence-corrected chi connectivity index (χ2v) is 6.02. The Balaban J connectivity index is 1.60. The number of hydrogen-bond acceptors (Lipinski definition) is 5. The van der Waals surface area contributed by atoms with Gasteiger partial charge in [-0.1, -0.05) is 11.6 Å². The third-order valence-corrected chi connectivity index (χ3v) is 3.90. The first-order chi connectivity index (χ1) is 12.7. The van der Waals surface area contributed by atoms with E-state index in [2.05, 4.69) is 20.6 Å². The largest absolute Gasteiger partial charge is 0.435 e. The number of nitrogens with zero attached hydrogens (tertiary/aromatic N) is 4. The molecule has 1 amide bonds. The minimum absolute atomic E-state index is 0.0723. The number of amides is 1. The summed E-state index contributed by atoms with van der Waals surface area (Å²) < 4.78 is 44.1. The quantitative estimate of drug-likeness (QED) is 0.709. The Hall–Kier alpha value is -2.88. The average Bonchev–Trinajstić information content (AvgIpc) is 3.29. The zero-order chi connectivity index (χ0) is 19.6. The summed E-state index contributed by atoms with van der Waals surface area (Å²) in [5.41, 5.74) is -0.402. The summed E-state index contributed by atoms with van der Waals surface area (Å²) in [5.74, 6) is -0.138. The van der Waals surface area contributed by atoms with Crippen LogP contribution in [-0.4, -0.2) is 25.9 Å². The number of alkyl halides is 3. The highest BCUT2D eigenvalue weighted by Crippen LogP contribution is 2.27. The Morgan fingerprint density at radius 1 is 1.26 bits per heavy atom. The SMILES string of the molecule is CC(C(=O)NCc1nnc(-c2ccc(Cl)cc2)o1)n1ccc(C(F)(F)F)n1. The number of nitrogens with one attached hydrogen (secondary N) is 1. The molecule has 1 unspecified atom stereocenters. The summed E-state index contributed by atoms with van der Waals surface area (Å²) in [4.78, 5) is 12.1. The fourth-order valence-corrected chi connectivity index (χ4v) is 2.30. The number of rotatable bonds is 5. The lowest BCUT2D eigenvalue weighted by atomic mass is 10.2. The van der Waals surface area contributed by atoms with Crippen molar-refractivity contribution in [1.29, 1.82) is 0 Å². The molecular formula is C16H13ClF3N5O2. The summed E-state index contributed by atoms with van der Waals surface area (Å²) in [6.45, 7) is 1.35. The van der Waals surface area contributed by atoms with Crippen LogP contribution < -0.4 is 5.32 Å². The Kier molecular flexibility index (Phi) is 5.17. The van der Waals surface area contributed by atoms with Gasteiger partial charge >= 0.3 is 6.18 Å². The van der Waals surface area contributed by atoms with Crippen LogP contribution in [0.25, 0.3) is 11.5 Å². The number of aromatic nitrogens is 4. The van der Waals surface area contributed by atoms with Crippen molar-refractivity contribution in [3.8, 4) is 11.5 Å². The standard InChI is InChI=1S/C16H13ClF3N5O2/c1-9(25-7-6-12(24-25)16(18,19)20)14(26)21-8-13-22-23-15(27-13)10-2-4-11(17)5-3-10/h2-7,9H,8H2,1H3,(H,21,26). The molecule has 0 aliphatic rings. The molecule has 0 saturated carbocycles. The van der Waals surface area contributed by atoms with Crippen molar-refractivity contribution >= 4 is 17.5 Å². The van der Waals surface area contributed by atoms with Crippen molar-refractivity contribution in [3.63, 3.8) is 0 Å². The lowest BCUT2D eigenvalue weighted by Gasteiger charge is -2.11. The number of hydrogen-bond donors (Lipinski definition) is 1. The topological polar surface area (TPSA) is 85.8 Å². The van der Waals surface area contributed by atoms with Crippen LogP contribution in [0.3, 0.4) is 0 Å². The van der Waals surface area contributed by atoms with E-state index in [1.165, 1.54) is 6.92 Å². The third-order valence-electron chi connectivity index (χ3n) is 3.65. The normalized spacial score (nSPS) is 12.8. The minimum atomic E-state index is -4.57. The van der Waals surface area contributed by atoms with Gasteiger partial charge in [0.15, 0.2) is 5.69 Å². The molecule has 0 aliphatic carbocycles. The molecule has 3 aromatic rings. The maximum atomic E-state index is 12.6. The fourth-order valence-electron chi connectivity index (χ4n) is 2.17. The predicted molar refractivity (Wildman–Crippen MR) is 88.5 cm³/mol. The minimum Gasteiger partial charge on any atom is -0.419 e. The zero-order valence-corrected chi connectivity index (χ0v) is 14.6. The highest BCUT2D eigenvalue weighted by molar-refractivity contribution is 6.30. The average molecular weight is 400 g/mol. The molecule has 0 saturated heterocycles. The molecule has 142 valence electrons. The molecule has 27 heavy (non-hydrogen) atoms. The molecule has 1 N–H and O–H groups in total. The molecule has 0 bridgehead atoms. The highest BCUT2D eigenvalue weighted by Gasteiger charge is 2.34. The van der Waals surface area contributed by atoms with Gasteiger partial charge in [-0.05, 0) is 37.3 Å². The van der Waals surface area contributed by atoms with Gasteiger partial charge in [0, 0.05) is 16.8 Å². The molecule has 0 aliphatic heterocycles. The van der Waals surface area contributed by atoms with Crippen molar-refractivity contribution in [3.05, 3.63) is 53.1 Å². The number of benzene rings is 1. The first-order valence-corrected chi connectivity index (χ1v) is 8.10.